The van der Waals surface area contributed by atoms with Gasteiger partial charge < -0.3 is 20.1 Å². The molecule has 0 bridgehead atoms. The molecule has 0 unspecified atom stereocenters. The number of carbonyl (C=O) groups is 2. The van der Waals surface area contributed by atoms with Crippen molar-refractivity contribution in [2.45, 2.75) is 12.6 Å². The normalized spacial score (nSPS) is 14.8. The molecule has 1 fully saturated rings. The van der Waals surface area contributed by atoms with Gasteiger partial charge in [-0.05, 0) is 18.2 Å². The Morgan fingerprint density at radius 2 is 1.78 bits per heavy atom. The minimum absolute atomic E-state index is 0.161. The van der Waals surface area contributed by atoms with E-state index >= 15 is 0 Å². The topological polar surface area (TPSA) is 89.5 Å². The number of pyridine rings is 1. The molecule has 2 N–H and O–H groups in total. The SMILES string of the molecule is COc1ccccc1Oc1cc(C2NC(=O)CC(=O)N2)ccn1. The second-order valence-electron chi connectivity index (χ2n) is 4.93. The number of hydrogen-bond acceptors (Lipinski definition) is 5. The third-order valence-electron chi connectivity index (χ3n) is 3.31. The molecule has 0 radical (unpaired) electrons. The summed E-state index contributed by atoms with van der Waals surface area (Å²) in [7, 11) is 1.55. The molecule has 7 nitrogen and oxygen atoms in total. The lowest BCUT2D eigenvalue weighted by Gasteiger charge is -2.24. The van der Waals surface area contributed by atoms with E-state index in [1.54, 1.807) is 37.6 Å². The van der Waals surface area contributed by atoms with Crippen LogP contribution in [-0.4, -0.2) is 23.9 Å². The van der Waals surface area contributed by atoms with Crippen LogP contribution in [0.2, 0.25) is 0 Å². The highest BCUT2D eigenvalue weighted by molar-refractivity contribution is 5.99. The highest BCUT2D eigenvalue weighted by Crippen LogP contribution is 2.30. The molecule has 1 aliphatic rings. The van der Waals surface area contributed by atoms with Crippen molar-refractivity contribution in [3.8, 4) is 17.4 Å². The van der Waals surface area contributed by atoms with Crippen molar-refractivity contribution < 1.29 is 19.1 Å². The first kappa shape index (κ1) is 14.8. The fourth-order valence-corrected chi connectivity index (χ4v) is 2.25. The number of benzene rings is 1. The van der Waals surface area contributed by atoms with Crippen LogP contribution in [0.5, 0.6) is 17.4 Å². The lowest BCUT2D eigenvalue weighted by atomic mass is 10.1. The van der Waals surface area contributed by atoms with Gasteiger partial charge in [-0.2, -0.15) is 0 Å². The van der Waals surface area contributed by atoms with E-state index in [2.05, 4.69) is 15.6 Å². The predicted molar refractivity (Wildman–Crippen MR) is 80.9 cm³/mol. The van der Waals surface area contributed by atoms with Gasteiger partial charge in [-0.25, -0.2) is 4.98 Å². The minimum Gasteiger partial charge on any atom is -0.493 e. The molecule has 7 heteroatoms. The van der Waals surface area contributed by atoms with Crippen LogP contribution in [0.3, 0.4) is 0 Å². The molecule has 1 aromatic carbocycles. The summed E-state index contributed by atoms with van der Waals surface area (Å²) < 4.78 is 10.9. The average molecular weight is 313 g/mol. The Balaban J connectivity index is 1.82. The van der Waals surface area contributed by atoms with Crippen molar-refractivity contribution in [2.24, 2.45) is 0 Å². The Bertz CT molecular complexity index is 732. The second-order valence-corrected chi connectivity index (χ2v) is 4.93. The van der Waals surface area contributed by atoms with Crippen LogP contribution in [0.4, 0.5) is 0 Å². The Labute approximate surface area is 132 Å². The molecular weight excluding hydrogens is 298 g/mol. The van der Waals surface area contributed by atoms with E-state index in [9.17, 15) is 9.59 Å². The van der Waals surface area contributed by atoms with Crippen molar-refractivity contribution in [3.05, 3.63) is 48.2 Å². The van der Waals surface area contributed by atoms with Gasteiger partial charge in [0.25, 0.3) is 0 Å². The number of carbonyl (C=O) groups excluding carboxylic acids is 2. The number of nitrogens with one attached hydrogen (secondary N) is 2. The van der Waals surface area contributed by atoms with Gasteiger partial charge in [0.1, 0.15) is 12.6 Å². The molecule has 0 aliphatic carbocycles. The first-order chi connectivity index (χ1) is 11.2. The van der Waals surface area contributed by atoms with Crippen molar-refractivity contribution in [2.75, 3.05) is 7.11 Å². The lowest BCUT2D eigenvalue weighted by molar-refractivity contribution is -0.134. The molecule has 0 saturated carbocycles. The highest BCUT2D eigenvalue weighted by atomic mass is 16.5. The number of rotatable bonds is 4. The van der Waals surface area contributed by atoms with E-state index in [1.165, 1.54) is 0 Å². The maximum Gasteiger partial charge on any atom is 0.231 e. The van der Waals surface area contributed by atoms with Crippen molar-refractivity contribution in [1.82, 2.24) is 15.6 Å². The summed E-state index contributed by atoms with van der Waals surface area (Å²) in [6.45, 7) is 0. The van der Waals surface area contributed by atoms with Gasteiger partial charge in [-0.15, -0.1) is 0 Å². The molecule has 2 amide bonds. The fourth-order valence-electron chi connectivity index (χ4n) is 2.25. The molecule has 1 saturated heterocycles. The van der Waals surface area contributed by atoms with E-state index in [-0.39, 0.29) is 18.2 Å². The Kier molecular flexibility index (Phi) is 4.09. The average Bonchev–Trinajstić information content (AvgIpc) is 2.55. The first-order valence-electron chi connectivity index (χ1n) is 7.01. The van der Waals surface area contributed by atoms with Crippen LogP contribution < -0.4 is 20.1 Å². The van der Waals surface area contributed by atoms with Gasteiger partial charge in [0.15, 0.2) is 11.5 Å². The largest absolute Gasteiger partial charge is 0.493 e. The fraction of sp³-hybridized carbons (Fsp3) is 0.188. The van der Waals surface area contributed by atoms with Gasteiger partial charge >= 0.3 is 0 Å². The van der Waals surface area contributed by atoms with E-state index in [1.807, 2.05) is 12.1 Å². The summed E-state index contributed by atoms with van der Waals surface area (Å²) >= 11 is 0. The molecular formula is C16H15N3O4. The summed E-state index contributed by atoms with van der Waals surface area (Å²) in [5, 5.41) is 5.40. The first-order valence-corrected chi connectivity index (χ1v) is 7.01. The number of hydrogen-bond donors (Lipinski definition) is 2. The van der Waals surface area contributed by atoms with Gasteiger partial charge in [-0.1, -0.05) is 12.1 Å². The highest BCUT2D eigenvalue weighted by Gasteiger charge is 2.24. The number of ether oxygens (including phenoxy) is 2. The molecule has 3 rings (SSSR count). The quantitative estimate of drug-likeness (QED) is 0.835. The molecule has 1 aliphatic heterocycles. The van der Waals surface area contributed by atoms with Crippen molar-refractivity contribution in [3.63, 3.8) is 0 Å². The number of amides is 2. The summed E-state index contributed by atoms with van der Waals surface area (Å²) in [6, 6.07) is 10.6. The molecule has 1 aromatic heterocycles. The van der Waals surface area contributed by atoms with Gasteiger partial charge in [-0.3, -0.25) is 9.59 Å². The van der Waals surface area contributed by atoms with E-state index in [0.29, 0.717) is 22.9 Å². The van der Waals surface area contributed by atoms with Crippen LogP contribution in [0, 0.1) is 0 Å². The number of methoxy groups -OCH3 is 1. The van der Waals surface area contributed by atoms with E-state index < -0.39 is 6.17 Å². The van der Waals surface area contributed by atoms with E-state index in [4.69, 9.17) is 9.47 Å². The second kappa shape index (κ2) is 6.35. The van der Waals surface area contributed by atoms with Crippen LogP contribution >= 0.6 is 0 Å². The Morgan fingerprint density at radius 3 is 2.48 bits per heavy atom. The molecule has 0 spiro atoms. The lowest BCUT2D eigenvalue weighted by Crippen LogP contribution is -2.48. The molecule has 23 heavy (non-hydrogen) atoms. The van der Waals surface area contributed by atoms with Crippen molar-refractivity contribution >= 4 is 11.8 Å². The summed E-state index contributed by atoms with van der Waals surface area (Å²) in [4.78, 5) is 27.1. The van der Waals surface area contributed by atoms with Gasteiger partial charge in [0.05, 0.1) is 7.11 Å². The van der Waals surface area contributed by atoms with Crippen molar-refractivity contribution in [1.29, 1.82) is 0 Å². The summed E-state index contributed by atoms with van der Waals surface area (Å²) in [5.74, 6) is 0.807. The molecule has 2 heterocycles. The molecule has 118 valence electrons. The summed E-state index contributed by atoms with van der Waals surface area (Å²) in [5.41, 5.74) is 0.672. The Morgan fingerprint density at radius 1 is 1.09 bits per heavy atom. The predicted octanol–water partition coefficient (Wildman–Crippen LogP) is 1.52. The summed E-state index contributed by atoms with van der Waals surface area (Å²) in [6.07, 6.45) is 0.797. The third kappa shape index (κ3) is 3.39. The monoisotopic (exact) mass is 313 g/mol. The maximum atomic E-state index is 11.5. The van der Waals surface area contributed by atoms with Crippen LogP contribution in [0.15, 0.2) is 42.6 Å². The van der Waals surface area contributed by atoms with Gasteiger partial charge in [0, 0.05) is 17.8 Å². The molecule has 0 atom stereocenters. The zero-order valence-corrected chi connectivity index (χ0v) is 12.4. The van der Waals surface area contributed by atoms with Gasteiger partial charge in [0.2, 0.25) is 17.7 Å². The third-order valence-corrected chi connectivity index (χ3v) is 3.31. The smallest absolute Gasteiger partial charge is 0.231 e. The minimum atomic E-state index is -0.591. The van der Waals surface area contributed by atoms with Crippen LogP contribution in [-0.2, 0) is 9.59 Å². The molecule has 2 aromatic rings. The zero-order chi connectivity index (χ0) is 16.2. The standard InChI is InChI=1S/C16H15N3O4/c1-22-11-4-2-3-5-12(11)23-15-8-10(6-7-17-15)16-18-13(20)9-14(21)19-16/h2-8,16H,9H2,1H3,(H,18,20)(H,19,21). The van der Waals surface area contributed by atoms with Crippen LogP contribution in [0.1, 0.15) is 18.2 Å². The number of nitrogens with zero attached hydrogens (tertiary/aromatic N) is 1. The zero-order valence-electron chi connectivity index (χ0n) is 12.4. The number of aromatic nitrogens is 1. The van der Waals surface area contributed by atoms with E-state index in [0.717, 1.165) is 0 Å². The Hall–Kier alpha value is -3.09. The van der Waals surface area contributed by atoms with Crippen LogP contribution in [0.25, 0.3) is 0 Å². The maximum absolute atomic E-state index is 11.5. The number of para-hydroxylation sites is 2.